The molecule has 100 valence electrons. The second-order valence-corrected chi connectivity index (χ2v) is 4.79. The number of nitrogens with two attached hydrogens (primary N) is 1. The van der Waals surface area contributed by atoms with Gasteiger partial charge in [-0.25, -0.2) is 0 Å². The van der Waals surface area contributed by atoms with Crippen LogP contribution in [0.3, 0.4) is 0 Å². The number of nitrogens with zero attached hydrogens (tertiary/aromatic N) is 1. The van der Waals surface area contributed by atoms with Crippen molar-refractivity contribution in [3.05, 3.63) is 24.0 Å². The molecule has 2 unspecified atom stereocenters. The molecule has 0 fully saturated rings. The number of hydrogen-bond donors (Lipinski definition) is 2. The lowest BCUT2D eigenvalue weighted by atomic mass is 9.91. The molecule has 1 aromatic rings. The summed E-state index contributed by atoms with van der Waals surface area (Å²) in [5.41, 5.74) is 7.96. The Labute approximate surface area is 109 Å². The molecule has 1 aromatic heterocycles. The van der Waals surface area contributed by atoms with E-state index in [1.807, 2.05) is 6.07 Å². The maximum atomic E-state index is 11.2. The van der Waals surface area contributed by atoms with Gasteiger partial charge in [-0.15, -0.1) is 0 Å². The third-order valence-electron chi connectivity index (χ3n) is 3.15. The van der Waals surface area contributed by atoms with E-state index in [4.69, 9.17) is 5.73 Å². The normalized spacial score (nSPS) is 14.0. The molecule has 3 N–H and O–H groups in total. The summed E-state index contributed by atoms with van der Waals surface area (Å²) in [5.74, 6) is 0.289. The molecule has 0 saturated heterocycles. The molecule has 0 aliphatic carbocycles. The molecule has 18 heavy (non-hydrogen) atoms. The number of unbranched alkanes of at least 4 members (excludes halogenated alkanes) is 1. The molecule has 2 atom stereocenters. The Morgan fingerprint density at radius 2 is 2.28 bits per heavy atom. The smallest absolute Gasteiger partial charge is 0.221 e. The van der Waals surface area contributed by atoms with Crippen LogP contribution in [0, 0.1) is 5.92 Å². The van der Waals surface area contributed by atoms with E-state index in [2.05, 4.69) is 24.1 Å². The Kier molecular flexibility index (Phi) is 5.78. The standard InChI is InChI=1S/C14H23N3O/c1-4-5-6-10(2)14(15)12-7-8-16-9-13(12)17-11(3)18/h7-10,14H,4-6,15H2,1-3H3,(H,17,18). The van der Waals surface area contributed by atoms with Crippen LogP contribution in [-0.4, -0.2) is 10.9 Å². The lowest BCUT2D eigenvalue weighted by Crippen LogP contribution is -2.21. The van der Waals surface area contributed by atoms with Crippen molar-refractivity contribution in [2.24, 2.45) is 11.7 Å². The van der Waals surface area contributed by atoms with Crippen LogP contribution < -0.4 is 11.1 Å². The summed E-state index contributed by atoms with van der Waals surface area (Å²) in [6, 6.07) is 1.82. The number of aromatic nitrogens is 1. The first-order chi connectivity index (χ1) is 8.56. The molecule has 0 radical (unpaired) electrons. The van der Waals surface area contributed by atoms with Gasteiger partial charge >= 0.3 is 0 Å². The van der Waals surface area contributed by atoms with Gasteiger partial charge in [-0.1, -0.05) is 26.7 Å². The highest BCUT2D eigenvalue weighted by molar-refractivity contribution is 5.89. The minimum Gasteiger partial charge on any atom is -0.325 e. The van der Waals surface area contributed by atoms with E-state index < -0.39 is 0 Å². The van der Waals surface area contributed by atoms with Crippen LogP contribution in [0.5, 0.6) is 0 Å². The summed E-state index contributed by atoms with van der Waals surface area (Å²) in [4.78, 5) is 15.2. The van der Waals surface area contributed by atoms with Gasteiger partial charge in [0.05, 0.1) is 11.9 Å². The van der Waals surface area contributed by atoms with Crippen LogP contribution in [0.25, 0.3) is 0 Å². The predicted octanol–water partition coefficient (Wildman–Crippen LogP) is 2.87. The van der Waals surface area contributed by atoms with Crippen molar-refractivity contribution in [1.82, 2.24) is 4.98 Å². The molecule has 4 heteroatoms. The minimum atomic E-state index is -0.0994. The van der Waals surface area contributed by atoms with Crippen molar-refractivity contribution < 1.29 is 4.79 Å². The molecule has 0 spiro atoms. The highest BCUT2D eigenvalue weighted by Crippen LogP contribution is 2.28. The highest BCUT2D eigenvalue weighted by atomic mass is 16.1. The zero-order chi connectivity index (χ0) is 13.5. The van der Waals surface area contributed by atoms with E-state index in [0.717, 1.165) is 17.7 Å². The number of amides is 1. The van der Waals surface area contributed by atoms with Gasteiger partial charge in [0.15, 0.2) is 0 Å². The summed E-state index contributed by atoms with van der Waals surface area (Å²) in [5, 5.41) is 2.78. The van der Waals surface area contributed by atoms with Crippen LogP contribution in [0.2, 0.25) is 0 Å². The molecule has 1 amide bonds. The van der Waals surface area contributed by atoms with Crippen LogP contribution in [0.1, 0.15) is 51.6 Å². The monoisotopic (exact) mass is 249 g/mol. The molecule has 0 aromatic carbocycles. The van der Waals surface area contributed by atoms with Crippen molar-refractivity contribution in [1.29, 1.82) is 0 Å². The maximum Gasteiger partial charge on any atom is 0.221 e. The summed E-state index contributed by atoms with van der Waals surface area (Å²) >= 11 is 0. The minimum absolute atomic E-state index is 0.0681. The zero-order valence-electron chi connectivity index (χ0n) is 11.4. The molecule has 4 nitrogen and oxygen atoms in total. The third kappa shape index (κ3) is 4.11. The molecular formula is C14H23N3O. The predicted molar refractivity (Wildman–Crippen MR) is 74.2 cm³/mol. The van der Waals surface area contributed by atoms with E-state index >= 15 is 0 Å². The first-order valence-corrected chi connectivity index (χ1v) is 6.53. The van der Waals surface area contributed by atoms with Crippen LogP contribution in [0.15, 0.2) is 18.5 Å². The van der Waals surface area contributed by atoms with E-state index in [1.165, 1.54) is 19.8 Å². The quantitative estimate of drug-likeness (QED) is 0.814. The number of nitrogens with one attached hydrogen (secondary N) is 1. The summed E-state index contributed by atoms with van der Waals surface area (Å²) in [7, 11) is 0. The average Bonchev–Trinajstić information content (AvgIpc) is 2.35. The fraction of sp³-hybridized carbons (Fsp3) is 0.571. The maximum absolute atomic E-state index is 11.2. The number of rotatable bonds is 6. The van der Waals surface area contributed by atoms with Gasteiger partial charge in [0, 0.05) is 19.2 Å². The largest absolute Gasteiger partial charge is 0.325 e. The van der Waals surface area contributed by atoms with Crippen LogP contribution >= 0.6 is 0 Å². The first kappa shape index (κ1) is 14.6. The number of hydrogen-bond acceptors (Lipinski definition) is 3. The summed E-state index contributed by atoms with van der Waals surface area (Å²) < 4.78 is 0. The second kappa shape index (κ2) is 7.11. The molecule has 1 heterocycles. The zero-order valence-corrected chi connectivity index (χ0v) is 11.4. The number of pyridine rings is 1. The Hall–Kier alpha value is -1.42. The van der Waals surface area contributed by atoms with Crippen LogP contribution in [-0.2, 0) is 4.79 Å². The van der Waals surface area contributed by atoms with Crippen molar-refractivity contribution in [3.63, 3.8) is 0 Å². The van der Waals surface area contributed by atoms with Gasteiger partial charge in [0.2, 0.25) is 5.91 Å². The molecular weight excluding hydrogens is 226 g/mol. The lowest BCUT2D eigenvalue weighted by Gasteiger charge is -2.22. The SMILES string of the molecule is CCCCC(C)C(N)c1ccncc1NC(C)=O. The fourth-order valence-electron chi connectivity index (χ4n) is 2.00. The molecule has 0 aliphatic heterocycles. The Balaban J connectivity index is 2.83. The van der Waals surface area contributed by atoms with Gasteiger partial charge in [-0.05, 0) is 24.0 Å². The Bertz CT molecular complexity index is 392. The third-order valence-corrected chi connectivity index (χ3v) is 3.15. The van der Waals surface area contributed by atoms with Gasteiger partial charge in [0.25, 0.3) is 0 Å². The van der Waals surface area contributed by atoms with E-state index in [1.54, 1.807) is 12.4 Å². The van der Waals surface area contributed by atoms with Crippen molar-refractivity contribution >= 4 is 11.6 Å². The van der Waals surface area contributed by atoms with Gasteiger partial charge in [-0.2, -0.15) is 0 Å². The van der Waals surface area contributed by atoms with Gasteiger partial charge in [0.1, 0.15) is 0 Å². The summed E-state index contributed by atoms with van der Waals surface area (Å²) in [6.07, 6.45) is 6.82. The van der Waals surface area contributed by atoms with Gasteiger partial charge in [-0.3, -0.25) is 9.78 Å². The second-order valence-electron chi connectivity index (χ2n) is 4.79. The van der Waals surface area contributed by atoms with E-state index in [-0.39, 0.29) is 11.9 Å². The average molecular weight is 249 g/mol. The van der Waals surface area contributed by atoms with Crippen molar-refractivity contribution in [2.75, 3.05) is 5.32 Å². The number of carbonyl (C=O) groups excluding carboxylic acids is 1. The van der Waals surface area contributed by atoms with E-state index in [0.29, 0.717) is 5.92 Å². The molecule has 0 bridgehead atoms. The van der Waals surface area contributed by atoms with E-state index in [9.17, 15) is 4.79 Å². The number of carbonyl (C=O) groups is 1. The Morgan fingerprint density at radius 1 is 1.56 bits per heavy atom. The number of anilines is 1. The topological polar surface area (TPSA) is 68.0 Å². The lowest BCUT2D eigenvalue weighted by molar-refractivity contribution is -0.114. The highest BCUT2D eigenvalue weighted by Gasteiger charge is 2.18. The molecule has 0 aliphatic rings. The summed E-state index contributed by atoms with van der Waals surface area (Å²) in [6.45, 7) is 5.81. The van der Waals surface area contributed by atoms with Crippen molar-refractivity contribution in [2.45, 2.75) is 46.1 Å². The Morgan fingerprint density at radius 3 is 2.89 bits per heavy atom. The fourth-order valence-corrected chi connectivity index (χ4v) is 2.00. The van der Waals surface area contributed by atoms with Crippen molar-refractivity contribution in [3.8, 4) is 0 Å². The molecule has 0 saturated carbocycles. The molecule has 1 rings (SSSR count). The van der Waals surface area contributed by atoms with Crippen LogP contribution in [0.4, 0.5) is 5.69 Å². The van der Waals surface area contributed by atoms with Gasteiger partial charge < -0.3 is 11.1 Å². The first-order valence-electron chi connectivity index (χ1n) is 6.53.